The molecule has 1 aliphatic carbocycles. The molecule has 0 atom stereocenters. The first-order chi connectivity index (χ1) is 10.4. The van der Waals surface area contributed by atoms with Crippen molar-refractivity contribution in [1.82, 2.24) is 0 Å². The van der Waals surface area contributed by atoms with E-state index in [0.29, 0.717) is 13.2 Å². The Morgan fingerprint density at radius 3 is 2.19 bits per heavy atom. The molecular weight excluding hydrogens is 263 g/mol. The van der Waals surface area contributed by atoms with E-state index in [2.05, 4.69) is 19.9 Å². The molecule has 0 unspecified atom stereocenters. The molecule has 4 heteroatoms. The predicted molar refractivity (Wildman–Crippen MR) is 89.0 cm³/mol. The summed E-state index contributed by atoms with van der Waals surface area (Å²) in [4.78, 5) is 0. The van der Waals surface area contributed by atoms with Gasteiger partial charge in [0, 0.05) is 19.6 Å². The zero-order valence-electron chi connectivity index (χ0n) is 14.1. The van der Waals surface area contributed by atoms with Crippen LogP contribution >= 0.6 is 0 Å². The maximum atomic E-state index is 5.99. The molecule has 122 valence electrons. The van der Waals surface area contributed by atoms with E-state index in [1.165, 1.54) is 32.1 Å². The molecule has 0 amide bonds. The molecule has 0 aromatic heterocycles. The summed E-state index contributed by atoms with van der Waals surface area (Å²) in [5.41, 5.74) is 0. The molecule has 0 saturated carbocycles. The fourth-order valence-corrected chi connectivity index (χ4v) is 2.33. The molecule has 0 saturated heterocycles. The minimum Gasteiger partial charge on any atom is -0.516 e. The maximum absolute atomic E-state index is 5.99. The zero-order valence-corrected chi connectivity index (χ0v) is 14.1. The van der Waals surface area contributed by atoms with E-state index in [1.54, 1.807) is 0 Å². The molecule has 21 heavy (non-hydrogen) atoms. The lowest BCUT2D eigenvalue weighted by Gasteiger charge is -2.17. The van der Waals surface area contributed by atoms with Crippen molar-refractivity contribution in [3.63, 3.8) is 0 Å². The van der Waals surface area contributed by atoms with Gasteiger partial charge in [-0.25, -0.2) is 0 Å². The van der Waals surface area contributed by atoms with Crippen LogP contribution in [0.5, 0.6) is 0 Å². The van der Waals surface area contributed by atoms with Crippen molar-refractivity contribution in [3.05, 3.63) is 11.8 Å². The first-order valence-electron chi connectivity index (χ1n) is 8.95. The fraction of sp³-hybridized carbons (Fsp3) is 0.882. The number of unbranched alkanes of at least 4 members (excludes halogenated alkanes) is 2. The predicted octanol–water partition coefficient (Wildman–Crippen LogP) is 5.25. The summed E-state index contributed by atoms with van der Waals surface area (Å²) < 4.78 is 17.5. The normalized spacial score (nSPS) is 16.6. The third-order valence-corrected chi connectivity index (χ3v) is 3.75. The van der Waals surface area contributed by atoms with Crippen LogP contribution in [0, 0.1) is 0 Å². The third-order valence-electron chi connectivity index (χ3n) is 3.75. The third kappa shape index (κ3) is 9.97. The van der Waals surface area contributed by atoms with Crippen molar-refractivity contribution < 1.29 is 14.0 Å². The fourth-order valence-electron chi connectivity index (χ4n) is 2.33. The standard InChI is InChI=1S/C17H33BO3/c1-3-5-15-19-18(20-16-6-4-2)21-17-13-11-9-7-8-10-12-14-17/h13H,3-12,14-16H2,1-2H3. The largest absolute Gasteiger partial charge is 0.712 e. The van der Waals surface area contributed by atoms with Crippen molar-refractivity contribution in [3.8, 4) is 0 Å². The van der Waals surface area contributed by atoms with Crippen LogP contribution in [0.4, 0.5) is 0 Å². The van der Waals surface area contributed by atoms with Gasteiger partial charge in [-0.2, -0.15) is 0 Å². The first-order valence-corrected chi connectivity index (χ1v) is 8.95. The van der Waals surface area contributed by atoms with Gasteiger partial charge in [-0.05, 0) is 38.2 Å². The molecular formula is C17H33BO3. The van der Waals surface area contributed by atoms with Crippen molar-refractivity contribution in [1.29, 1.82) is 0 Å². The second kappa shape index (κ2) is 13.2. The SMILES string of the molecule is CCCCOB(OCCCC)OC1=CCCCCCCC1. The highest BCUT2D eigenvalue weighted by molar-refractivity contribution is 6.36. The number of hydrogen-bond donors (Lipinski definition) is 0. The van der Waals surface area contributed by atoms with Crippen LogP contribution in [0.1, 0.15) is 84.5 Å². The van der Waals surface area contributed by atoms with E-state index in [9.17, 15) is 0 Å². The Bertz CT molecular complexity index is 259. The molecule has 0 aromatic carbocycles. The van der Waals surface area contributed by atoms with E-state index in [1.807, 2.05) is 0 Å². The van der Waals surface area contributed by atoms with Gasteiger partial charge < -0.3 is 14.0 Å². The van der Waals surface area contributed by atoms with Crippen molar-refractivity contribution in [2.24, 2.45) is 0 Å². The van der Waals surface area contributed by atoms with Gasteiger partial charge in [0.25, 0.3) is 0 Å². The minimum atomic E-state index is -0.518. The average molecular weight is 296 g/mol. The van der Waals surface area contributed by atoms with Gasteiger partial charge in [0.1, 0.15) is 0 Å². The van der Waals surface area contributed by atoms with Crippen LogP contribution in [0.15, 0.2) is 11.8 Å². The lowest BCUT2D eigenvalue weighted by molar-refractivity contribution is 0.111. The van der Waals surface area contributed by atoms with Crippen molar-refractivity contribution in [2.75, 3.05) is 13.2 Å². The Kier molecular flexibility index (Phi) is 11.7. The van der Waals surface area contributed by atoms with Crippen LogP contribution < -0.4 is 0 Å². The highest BCUT2D eigenvalue weighted by atomic mass is 16.7. The van der Waals surface area contributed by atoms with Gasteiger partial charge in [-0.3, -0.25) is 0 Å². The molecule has 0 bridgehead atoms. The summed E-state index contributed by atoms with van der Waals surface area (Å²) in [5.74, 6) is 1.06. The van der Waals surface area contributed by atoms with Crippen LogP contribution in [0.3, 0.4) is 0 Å². The lowest BCUT2D eigenvalue weighted by Crippen LogP contribution is -2.28. The Labute approximate surface area is 131 Å². The Balaban J connectivity index is 2.42. The molecule has 1 aliphatic rings. The summed E-state index contributed by atoms with van der Waals surface area (Å²) in [7, 11) is -0.518. The summed E-state index contributed by atoms with van der Waals surface area (Å²) in [6.07, 6.45) is 15.2. The van der Waals surface area contributed by atoms with Crippen LogP contribution in [0.25, 0.3) is 0 Å². The maximum Gasteiger partial charge on any atom is 0.712 e. The Morgan fingerprint density at radius 1 is 0.905 bits per heavy atom. The van der Waals surface area contributed by atoms with E-state index < -0.39 is 7.32 Å². The second-order valence-electron chi connectivity index (χ2n) is 5.83. The van der Waals surface area contributed by atoms with Gasteiger partial charge in [-0.1, -0.05) is 46.0 Å². The molecule has 0 radical (unpaired) electrons. The first kappa shape index (κ1) is 18.6. The van der Waals surface area contributed by atoms with Crippen LogP contribution in [0.2, 0.25) is 0 Å². The molecule has 0 heterocycles. The van der Waals surface area contributed by atoms with Gasteiger partial charge >= 0.3 is 7.32 Å². The summed E-state index contributed by atoms with van der Waals surface area (Å²) >= 11 is 0. The molecule has 3 nitrogen and oxygen atoms in total. The van der Waals surface area contributed by atoms with Crippen molar-refractivity contribution >= 4 is 7.32 Å². The Morgan fingerprint density at radius 2 is 1.52 bits per heavy atom. The zero-order chi connectivity index (χ0) is 15.2. The van der Waals surface area contributed by atoms with Crippen molar-refractivity contribution in [2.45, 2.75) is 84.5 Å². The molecule has 1 rings (SSSR count). The van der Waals surface area contributed by atoms with Gasteiger partial charge in [0.15, 0.2) is 0 Å². The molecule has 0 aromatic rings. The topological polar surface area (TPSA) is 27.7 Å². The molecule has 0 spiro atoms. The van der Waals surface area contributed by atoms with E-state index in [4.69, 9.17) is 14.0 Å². The summed E-state index contributed by atoms with van der Waals surface area (Å²) in [6.45, 7) is 5.75. The van der Waals surface area contributed by atoms with Crippen LogP contribution in [-0.4, -0.2) is 20.5 Å². The highest BCUT2D eigenvalue weighted by Crippen LogP contribution is 2.19. The molecule has 0 N–H and O–H groups in total. The quantitative estimate of drug-likeness (QED) is 0.407. The van der Waals surface area contributed by atoms with Gasteiger partial charge in [-0.15, -0.1) is 0 Å². The van der Waals surface area contributed by atoms with Gasteiger partial charge in [0.2, 0.25) is 0 Å². The second-order valence-corrected chi connectivity index (χ2v) is 5.83. The minimum absolute atomic E-state index is 0.518. The summed E-state index contributed by atoms with van der Waals surface area (Å²) in [5, 5.41) is 0. The number of allylic oxidation sites excluding steroid dienone is 2. The van der Waals surface area contributed by atoms with E-state index >= 15 is 0 Å². The van der Waals surface area contributed by atoms with Gasteiger partial charge in [0.05, 0.1) is 5.76 Å². The summed E-state index contributed by atoms with van der Waals surface area (Å²) in [6, 6.07) is 0. The average Bonchev–Trinajstić information content (AvgIpc) is 2.61. The smallest absolute Gasteiger partial charge is 0.516 e. The highest BCUT2D eigenvalue weighted by Gasteiger charge is 2.24. The Hall–Kier alpha value is -0.475. The number of rotatable bonds is 10. The number of hydrogen-bond acceptors (Lipinski definition) is 3. The monoisotopic (exact) mass is 296 g/mol. The van der Waals surface area contributed by atoms with E-state index in [0.717, 1.165) is 44.3 Å². The van der Waals surface area contributed by atoms with Crippen LogP contribution in [-0.2, 0) is 14.0 Å². The molecule has 0 aliphatic heterocycles. The molecule has 0 fully saturated rings. The van der Waals surface area contributed by atoms with E-state index in [-0.39, 0.29) is 0 Å². The lowest BCUT2D eigenvalue weighted by atomic mass is 10.1.